The Morgan fingerprint density at radius 3 is 2.42 bits per heavy atom. The molecule has 31 heavy (non-hydrogen) atoms. The standard InChI is InChI=1S/C18H18BF4N3O4S/c1-26-9-13(25-31(29,30)17(4-5-17)6-7-27)15(14(16(26)28)18(21,22)23)24-12-3-2-10(19)8-11(12)20/h2-3,8-9,24-25,27H,4-7H2,1H3. The zero-order chi connectivity index (χ0) is 23.2. The number of nitrogens with zero attached hydrogens (tertiary/aromatic N) is 1. The summed E-state index contributed by atoms with van der Waals surface area (Å²) in [6.07, 6.45) is -3.96. The summed E-state index contributed by atoms with van der Waals surface area (Å²) in [4.78, 5) is 12.3. The van der Waals surface area contributed by atoms with Gasteiger partial charge in [0.25, 0.3) is 5.56 Å². The van der Waals surface area contributed by atoms with E-state index in [0.29, 0.717) is 4.57 Å². The van der Waals surface area contributed by atoms with Crippen LogP contribution in [0.5, 0.6) is 0 Å². The van der Waals surface area contributed by atoms with E-state index in [1.807, 2.05) is 0 Å². The van der Waals surface area contributed by atoms with Crippen LogP contribution in [0.25, 0.3) is 0 Å². The summed E-state index contributed by atoms with van der Waals surface area (Å²) in [6, 6.07) is 3.15. The lowest BCUT2D eigenvalue weighted by molar-refractivity contribution is -0.138. The first kappa shape index (κ1) is 23.1. The van der Waals surface area contributed by atoms with Crippen molar-refractivity contribution in [3.63, 3.8) is 0 Å². The molecule has 1 heterocycles. The molecule has 1 aliphatic carbocycles. The predicted octanol–water partition coefficient (Wildman–Crippen LogP) is 1.74. The number of aliphatic hydroxyl groups excluding tert-OH is 1. The summed E-state index contributed by atoms with van der Waals surface area (Å²) in [6.45, 7) is -0.427. The topological polar surface area (TPSA) is 100 Å². The molecule has 3 N–H and O–H groups in total. The number of aryl methyl sites for hydroxylation is 1. The van der Waals surface area contributed by atoms with E-state index in [1.165, 1.54) is 6.07 Å². The van der Waals surface area contributed by atoms with Gasteiger partial charge in [0.2, 0.25) is 10.0 Å². The molecule has 13 heteroatoms. The van der Waals surface area contributed by atoms with Gasteiger partial charge in [0.15, 0.2) is 0 Å². The van der Waals surface area contributed by atoms with E-state index in [-0.39, 0.29) is 24.7 Å². The van der Waals surface area contributed by atoms with Crippen molar-refractivity contribution < 1.29 is 31.1 Å². The van der Waals surface area contributed by atoms with Gasteiger partial charge in [0, 0.05) is 19.9 Å². The number of hydrogen-bond acceptors (Lipinski definition) is 5. The van der Waals surface area contributed by atoms with Gasteiger partial charge in [-0.25, -0.2) is 12.8 Å². The molecule has 1 aromatic heterocycles. The Labute approximate surface area is 176 Å². The van der Waals surface area contributed by atoms with Gasteiger partial charge < -0.3 is 15.0 Å². The molecule has 1 aromatic carbocycles. The Bertz CT molecular complexity index is 1180. The van der Waals surface area contributed by atoms with Crippen LogP contribution in [0.2, 0.25) is 0 Å². The molecule has 2 radical (unpaired) electrons. The third kappa shape index (κ3) is 4.42. The number of benzene rings is 1. The van der Waals surface area contributed by atoms with Gasteiger partial charge in [-0.15, -0.1) is 0 Å². The molecule has 1 aliphatic rings. The van der Waals surface area contributed by atoms with Gasteiger partial charge in [0.1, 0.15) is 19.2 Å². The Hall–Kier alpha value is -2.54. The van der Waals surface area contributed by atoms with Crippen LogP contribution in [-0.2, 0) is 23.2 Å². The highest BCUT2D eigenvalue weighted by Gasteiger charge is 2.54. The number of hydrogen-bond donors (Lipinski definition) is 3. The molecule has 0 amide bonds. The molecule has 0 saturated heterocycles. The minimum Gasteiger partial charge on any atom is -0.396 e. The van der Waals surface area contributed by atoms with E-state index in [2.05, 4.69) is 10.0 Å². The number of aliphatic hydroxyl groups is 1. The fourth-order valence-electron chi connectivity index (χ4n) is 3.22. The van der Waals surface area contributed by atoms with Crippen LogP contribution in [0.15, 0.2) is 29.2 Å². The lowest BCUT2D eigenvalue weighted by Gasteiger charge is -2.23. The lowest BCUT2D eigenvalue weighted by Crippen LogP contribution is -2.33. The molecule has 0 atom stereocenters. The highest BCUT2D eigenvalue weighted by atomic mass is 32.2. The van der Waals surface area contributed by atoms with Crippen molar-refractivity contribution in [1.29, 1.82) is 0 Å². The van der Waals surface area contributed by atoms with Gasteiger partial charge in [-0.1, -0.05) is 11.5 Å². The molecule has 7 nitrogen and oxygen atoms in total. The molecule has 0 spiro atoms. The van der Waals surface area contributed by atoms with E-state index < -0.39 is 61.6 Å². The van der Waals surface area contributed by atoms with Crippen LogP contribution in [0.1, 0.15) is 24.8 Å². The van der Waals surface area contributed by atoms with Gasteiger partial charge in [-0.05, 0) is 31.4 Å². The van der Waals surface area contributed by atoms with Gasteiger partial charge in [0.05, 0.1) is 21.8 Å². The quantitative estimate of drug-likeness (QED) is 0.433. The fourth-order valence-corrected chi connectivity index (χ4v) is 4.88. The number of anilines is 3. The Balaban J connectivity index is 2.19. The van der Waals surface area contributed by atoms with E-state index in [0.717, 1.165) is 25.4 Å². The summed E-state index contributed by atoms with van der Waals surface area (Å²) < 4.78 is 82.6. The van der Waals surface area contributed by atoms with Gasteiger partial charge in [-0.2, -0.15) is 13.2 Å². The second-order valence-electron chi connectivity index (χ2n) is 7.33. The number of aromatic nitrogens is 1. The fraction of sp³-hybridized carbons (Fsp3) is 0.389. The van der Waals surface area contributed by atoms with Crippen molar-refractivity contribution in [2.24, 2.45) is 7.05 Å². The molecule has 0 unspecified atom stereocenters. The van der Waals surface area contributed by atoms with Crippen molar-refractivity contribution in [1.82, 2.24) is 4.57 Å². The normalized spacial score (nSPS) is 15.5. The number of sulfonamides is 1. The van der Waals surface area contributed by atoms with E-state index >= 15 is 0 Å². The first-order valence-electron chi connectivity index (χ1n) is 9.07. The van der Waals surface area contributed by atoms with Crippen LogP contribution in [0.4, 0.5) is 34.6 Å². The zero-order valence-corrected chi connectivity index (χ0v) is 17.1. The summed E-state index contributed by atoms with van der Waals surface area (Å²) in [7, 11) is 2.24. The van der Waals surface area contributed by atoms with E-state index in [1.54, 1.807) is 0 Å². The zero-order valence-electron chi connectivity index (χ0n) is 16.3. The van der Waals surface area contributed by atoms with Crippen LogP contribution >= 0.6 is 0 Å². The summed E-state index contributed by atoms with van der Waals surface area (Å²) in [5.41, 5.74) is -5.10. The maximum absolute atomic E-state index is 14.2. The average Bonchev–Trinajstić information content (AvgIpc) is 3.42. The number of alkyl halides is 3. The number of nitrogens with one attached hydrogen (secondary N) is 2. The maximum atomic E-state index is 14.2. The van der Waals surface area contributed by atoms with E-state index in [9.17, 15) is 30.8 Å². The molecule has 0 bridgehead atoms. The Kier molecular flexibility index (Phi) is 5.87. The highest BCUT2D eigenvalue weighted by molar-refractivity contribution is 7.94. The van der Waals surface area contributed by atoms with Gasteiger partial charge >= 0.3 is 6.18 Å². The SMILES string of the molecule is [B]c1ccc(Nc2c(NS(=O)(=O)C3(CCO)CC3)cn(C)c(=O)c2C(F)(F)F)c(F)c1. The molecule has 2 aromatic rings. The largest absolute Gasteiger partial charge is 0.423 e. The predicted molar refractivity (Wildman–Crippen MR) is 108 cm³/mol. The maximum Gasteiger partial charge on any atom is 0.423 e. The molecule has 3 rings (SSSR count). The van der Waals surface area contributed by atoms with Crippen molar-refractivity contribution >= 4 is 40.4 Å². The summed E-state index contributed by atoms with van der Waals surface area (Å²) in [5.74, 6) is -0.999. The number of halogens is 4. The van der Waals surface area contributed by atoms with Crippen molar-refractivity contribution in [3.05, 3.63) is 46.1 Å². The second-order valence-corrected chi connectivity index (χ2v) is 9.41. The molecule has 166 valence electrons. The molecule has 1 fully saturated rings. The molecular formula is C18H18BF4N3O4S. The van der Waals surface area contributed by atoms with Crippen molar-refractivity contribution in [2.45, 2.75) is 30.2 Å². The first-order valence-corrected chi connectivity index (χ1v) is 10.6. The lowest BCUT2D eigenvalue weighted by atomic mass is 9.96. The van der Waals surface area contributed by atoms with Crippen LogP contribution in [-0.4, -0.2) is 37.3 Å². The van der Waals surface area contributed by atoms with Crippen LogP contribution < -0.4 is 21.1 Å². The minimum atomic E-state index is -5.18. The monoisotopic (exact) mass is 459 g/mol. The first-order chi connectivity index (χ1) is 14.3. The third-order valence-electron chi connectivity index (χ3n) is 5.10. The van der Waals surface area contributed by atoms with Crippen molar-refractivity contribution in [3.8, 4) is 0 Å². The van der Waals surface area contributed by atoms with E-state index in [4.69, 9.17) is 13.0 Å². The van der Waals surface area contributed by atoms with Gasteiger partial charge in [-0.3, -0.25) is 9.52 Å². The molecular weight excluding hydrogens is 441 g/mol. The number of rotatable bonds is 7. The minimum absolute atomic E-state index is 0.0173. The average molecular weight is 459 g/mol. The molecule has 0 aliphatic heterocycles. The third-order valence-corrected chi connectivity index (χ3v) is 7.34. The Morgan fingerprint density at radius 2 is 1.90 bits per heavy atom. The smallest absolute Gasteiger partial charge is 0.396 e. The highest BCUT2D eigenvalue weighted by Crippen LogP contribution is 2.48. The second kappa shape index (κ2) is 7.86. The van der Waals surface area contributed by atoms with Crippen LogP contribution in [0, 0.1) is 5.82 Å². The number of pyridine rings is 1. The molecule has 1 saturated carbocycles. The summed E-state index contributed by atoms with van der Waals surface area (Å²) >= 11 is 0. The Morgan fingerprint density at radius 1 is 1.26 bits per heavy atom. The summed E-state index contributed by atoms with van der Waals surface area (Å²) in [5, 5.41) is 11.4. The van der Waals surface area contributed by atoms with Crippen molar-refractivity contribution in [2.75, 3.05) is 16.6 Å². The van der Waals surface area contributed by atoms with Crippen LogP contribution in [0.3, 0.4) is 0 Å².